The van der Waals surface area contributed by atoms with Crippen LogP contribution in [0.1, 0.15) is 32.1 Å². The molecule has 1 spiro atoms. The van der Waals surface area contributed by atoms with E-state index in [9.17, 15) is 4.21 Å². The van der Waals surface area contributed by atoms with Gasteiger partial charge in [0.25, 0.3) is 0 Å². The topological polar surface area (TPSA) is 29.1 Å². The highest BCUT2D eigenvalue weighted by atomic mass is 32.2. The molecule has 1 atom stereocenters. The van der Waals surface area contributed by atoms with Crippen LogP contribution >= 0.6 is 0 Å². The van der Waals surface area contributed by atoms with Gasteiger partial charge in [0, 0.05) is 6.54 Å². The molecule has 1 N–H and O–H groups in total. The smallest absolute Gasteiger partial charge is 0.0979 e. The fourth-order valence-corrected chi connectivity index (χ4v) is 3.61. The lowest BCUT2D eigenvalue weighted by Gasteiger charge is -2.18. The molecule has 0 aromatic carbocycles. The second-order valence-corrected chi connectivity index (χ2v) is 5.00. The van der Waals surface area contributed by atoms with Crippen LogP contribution in [0.3, 0.4) is 0 Å². The number of hydrogen-bond acceptors (Lipinski definition) is 1. The van der Waals surface area contributed by atoms with Crippen LogP contribution in [0.5, 0.6) is 0 Å². The van der Waals surface area contributed by atoms with E-state index in [0.29, 0.717) is 0 Å². The Labute approximate surface area is 64.0 Å². The van der Waals surface area contributed by atoms with Gasteiger partial charge in [-0.2, -0.15) is 0 Å². The van der Waals surface area contributed by atoms with Crippen molar-refractivity contribution in [2.75, 3.05) is 6.54 Å². The summed E-state index contributed by atoms with van der Waals surface area (Å²) in [6.07, 6.45) is 6.08. The summed E-state index contributed by atoms with van der Waals surface area (Å²) < 4.78 is 14.6. The molecule has 2 nitrogen and oxygen atoms in total. The quantitative estimate of drug-likeness (QED) is 0.560. The van der Waals surface area contributed by atoms with Crippen LogP contribution in [-0.2, 0) is 11.0 Å². The van der Waals surface area contributed by atoms with Crippen molar-refractivity contribution in [3.8, 4) is 0 Å². The van der Waals surface area contributed by atoms with E-state index in [1.165, 1.54) is 25.7 Å². The van der Waals surface area contributed by atoms with E-state index in [0.717, 1.165) is 13.0 Å². The molecular formula is C7H13NOS. The van der Waals surface area contributed by atoms with Crippen molar-refractivity contribution in [2.24, 2.45) is 0 Å². The van der Waals surface area contributed by atoms with Gasteiger partial charge >= 0.3 is 0 Å². The molecule has 0 amide bonds. The third kappa shape index (κ3) is 0.839. The maximum absolute atomic E-state index is 11.4. The first-order valence-electron chi connectivity index (χ1n) is 3.99. The highest BCUT2D eigenvalue weighted by Crippen LogP contribution is 2.39. The Hall–Kier alpha value is 0.110. The van der Waals surface area contributed by atoms with Crippen molar-refractivity contribution in [1.29, 1.82) is 0 Å². The lowest BCUT2D eigenvalue weighted by Crippen LogP contribution is -2.28. The molecule has 2 aliphatic rings. The molecule has 3 heteroatoms. The minimum absolute atomic E-state index is 0.208. The van der Waals surface area contributed by atoms with Crippen LogP contribution < -0.4 is 4.72 Å². The summed E-state index contributed by atoms with van der Waals surface area (Å²) >= 11 is 0. The van der Waals surface area contributed by atoms with E-state index in [4.69, 9.17) is 0 Å². The molecule has 10 heavy (non-hydrogen) atoms. The van der Waals surface area contributed by atoms with Crippen molar-refractivity contribution < 1.29 is 4.21 Å². The number of nitrogens with one attached hydrogen (secondary N) is 1. The van der Waals surface area contributed by atoms with Crippen molar-refractivity contribution >= 4 is 11.0 Å². The van der Waals surface area contributed by atoms with Crippen LogP contribution in [0.2, 0.25) is 0 Å². The first-order chi connectivity index (χ1) is 4.83. The predicted molar refractivity (Wildman–Crippen MR) is 42.0 cm³/mol. The van der Waals surface area contributed by atoms with Gasteiger partial charge in [-0.3, -0.25) is 0 Å². The zero-order valence-electron chi connectivity index (χ0n) is 6.06. The lowest BCUT2D eigenvalue weighted by molar-refractivity contribution is 0.568. The van der Waals surface area contributed by atoms with Crippen LogP contribution in [0.4, 0.5) is 0 Å². The first kappa shape index (κ1) is 6.80. The fourth-order valence-electron chi connectivity index (χ4n) is 2.07. The Morgan fingerprint density at radius 1 is 1.20 bits per heavy atom. The van der Waals surface area contributed by atoms with Gasteiger partial charge in [-0.05, 0) is 19.3 Å². The third-order valence-corrected chi connectivity index (χ3v) is 4.59. The monoisotopic (exact) mass is 159 g/mol. The van der Waals surface area contributed by atoms with E-state index in [2.05, 4.69) is 4.72 Å². The zero-order chi connectivity index (χ0) is 7.03. The Morgan fingerprint density at radius 3 is 2.40 bits per heavy atom. The zero-order valence-corrected chi connectivity index (χ0v) is 6.88. The van der Waals surface area contributed by atoms with Crippen molar-refractivity contribution in [3.63, 3.8) is 0 Å². The van der Waals surface area contributed by atoms with Gasteiger partial charge in [-0.25, -0.2) is 8.93 Å². The third-order valence-electron chi connectivity index (χ3n) is 2.72. The highest BCUT2D eigenvalue weighted by Gasteiger charge is 2.42. The van der Waals surface area contributed by atoms with Crippen LogP contribution in [0.25, 0.3) is 0 Å². The fraction of sp³-hybridized carbons (Fsp3) is 1.00. The maximum atomic E-state index is 11.4. The number of rotatable bonds is 0. The van der Waals surface area contributed by atoms with Crippen LogP contribution in [0.15, 0.2) is 0 Å². The highest BCUT2D eigenvalue weighted by molar-refractivity contribution is 7.84. The molecule has 0 radical (unpaired) electrons. The summed E-state index contributed by atoms with van der Waals surface area (Å²) in [5, 5.41) is 0. The molecule has 0 aromatic rings. The minimum Gasteiger partial charge on any atom is -0.242 e. The van der Waals surface area contributed by atoms with E-state index < -0.39 is 11.0 Å². The second-order valence-electron chi connectivity index (χ2n) is 3.30. The largest absolute Gasteiger partial charge is 0.242 e. The molecule has 1 aliphatic carbocycles. The molecule has 2 fully saturated rings. The summed E-state index contributed by atoms with van der Waals surface area (Å²) in [5.41, 5.74) is 0. The SMILES string of the molecule is O=S1NCCC12CCCC2. The molecule has 0 aromatic heterocycles. The summed E-state index contributed by atoms with van der Waals surface area (Å²) in [7, 11) is -0.707. The van der Waals surface area contributed by atoms with Crippen molar-refractivity contribution in [2.45, 2.75) is 36.9 Å². The summed E-state index contributed by atoms with van der Waals surface area (Å²) in [6.45, 7) is 0.965. The Morgan fingerprint density at radius 2 is 1.90 bits per heavy atom. The van der Waals surface area contributed by atoms with E-state index in [-0.39, 0.29) is 4.75 Å². The van der Waals surface area contributed by atoms with Gasteiger partial charge < -0.3 is 0 Å². The number of hydrogen-bond donors (Lipinski definition) is 1. The van der Waals surface area contributed by atoms with Crippen molar-refractivity contribution in [1.82, 2.24) is 4.72 Å². The van der Waals surface area contributed by atoms with E-state index >= 15 is 0 Å². The lowest BCUT2D eigenvalue weighted by atomic mass is 10.0. The molecule has 1 saturated carbocycles. The molecule has 2 rings (SSSR count). The summed E-state index contributed by atoms with van der Waals surface area (Å²) in [5.74, 6) is 0. The molecule has 1 saturated heterocycles. The molecule has 58 valence electrons. The van der Waals surface area contributed by atoms with Gasteiger partial charge in [0.1, 0.15) is 0 Å². The molecular weight excluding hydrogens is 146 g/mol. The normalized spacial score (nSPS) is 37.4. The van der Waals surface area contributed by atoms with Crippen molar-refractivity contribution in [3.05, 3.63) is 0 Å². The molecule has 1 heterocycles. The Kier molecular flexibility index (Phi) is 1.57. The standard InChI is InChI=1S/C7H13NOS/c9-10-7(5-6-8-10)3-1-2-4-7/h8H,1-6H2. The van der Waals surface area contributed by atoms with Gasteiger partial charge in [0.2, 0.25) is 0 Å². The maximum Gasteiger partial charge on any atom is 0.0979 e. The average Bonchev–Trinajstić information content (AvgIpc) is 2.48. The van der Waals surface area contributed by atoms with Gasteiger partial charge in [0.05, 0.1) is 15.7 Å². The predicted octanol–water partition coefficient (Wildman–Crippen LogP) is 0.956. The van der Waals surface area contributed by atoms with Gasteiger partial charge in [-0.15, -0.1) is 0 Å². The van der Waals surface area contributed by atoms with Crippen LogP contribution in [-0.4, -0.2) is 15.5 Å². The Bertz CT molecular complexity index is 157. The van der Waals surface area contributed by atoms with Gasteiger partial charge in [0.15, 0.2) is 0 Å². The summed E-state index contributed by atoms with van der Waals surface area (Å²) in [4.78, 5) is 0. The molecule has 1 unspecified atom stereocenters. The van der Waals surface area contributed by atoms with E-state index in [1.54, 1.807) is 0 Å². The van der Waals surface area contributed by atoms with E-state index in [1.807, 2.05) is 0 Å². The Balaban J connectivity index is 2.19. The summed E-state index contributed by atoms with van der Waals surface area (Å²) in [6, 6.07) is 0. The molecule has 1 aliphatic heterocycles. The first-order valence-corrected chi connectivity index (χ1v) is 5.14. The van der Waals surface area contributed by atoms with Crippen LogP contribution in [0, 0.1) is 0 Å². The second kappa shape index (κ2) is 2.31. The minimum atomic E-state index is -0.707. The molecule has 0 bridgehead atoms. The van der Waals surface area contributed by atoms with Gasteiger partial charge in [-0.1, -0.05) is 12.8 Å². The average molecular weight is 159 g/mol.